The molecule has 0 unspecified atom stereocenters. The third-order valence-corrected chi connectivity index (χ3v) is 4.18. The summed E-state index contributed by atoms with van der Waals surface area (Å²) in [6.07, 6.45) is 3.44. The highest BCUT2D eigenvalue weighted by atomic mass is 19.1. The van der Waals surface area contributed by atoms with Gasteiger partial charge in [0.2, 0.25) is 0 Å². The van der Waals surface area contributed by atoms with E-state index in [0.717, 1.165) is 37.5 Å². The Morgan fingerprint density at radius 1 is 1.38 bits per heavy atom. The van der Waals surface area contributed by atoms with Gasteiger partial charge in [0, 0.05) is 6.54 Å². The minimum atomic E-state index is -0.455. The molecule has 0 spiro atoms. The van der Waals surface area contributed by atoms with Crippen LogP contribution in [0.2, 0.25) is 0 Å². The first-order chi connectivity index (χ1) is 10.1. The number of carbonyl (C=O) groups is 1. The standard InChI is InChI=1S/C17H25FN2O/c1-13-6-10-20(11-7-13)9-3-8-19-17(21)15-12-14(2)4-5-16(15)18/h4-5,12-13H,3,6-11H2,1-2H3,(H,19,21). The summed E-state index contributed by atoms with van der Waals surface area (Å²) in [7, 11) is 0. The number of amides is 1. The molecule has 1 heterocycles. The maximum absolute atomic E-state index is 13.6. The average molecular weight is 292 g/mol. The molecule has 21 heavy (non-hydrogen) atoms. The largest absolute Gasteiger partial charge is 0.352 e. The zero-order chi connectivity index (χ0) is 15.2. The molecule has 1 saturated heterocycles. The summed E-state index contributed by atoms with van der Waals surface area (Å²) in [5, 5.41) is 2.81. The second-order valence-corrected chi connectivity index (χ2v) is 6.12. The molecule has 1 aromatic rings. The SMILES string of the molecule is Cc1ccc(F)c(C(=O)NCCCN2CCC(C)CC2)c1. The molecular formula is C17H25FN2O. The molecule has 0 atom stereocenters. The highest BCUT2D eigenvalue weighted by Gasteiger charge is 2.15. The summed E-state index contributed by atoms with van der Waals surface area (Å²) in [5.41, 5.74) is 1.03. The van der Waals surface area contributed by atoms with Crippen LogP contribution in [0, 0.1) is 18.7 Å². The number of rotatable bonds is 5. The van der Waals surface area contributed by atoms with Crippen molar-refractivity contribution in [2.45, 2.75) is 33.1 Å². The lowest BCUT2D eigenvalue weighted by Crippen LogP contribution is -2.35. The highest BCUT2D eigenvalue weighted by Crippen LogP contribution is 2.15. The number of aryl methyl sites for hydroxylation is 1. The van der Waals surface area contributed by atoms with Gasteiger partial charge in [-0.1, -0.05) is 18.6 Å². The van der Waals surface area contributed by atoms with Gasteiger partial charge in [-0.05, 0) is 63.9 Å². The number of nitrogens with one attached hydrogen (secondary N) is 1. The molecule has 1 fully saturated rings. The van der Waals surface area contributed by atoms with Crippen LogP contribution in [0.5, 0.6) is 0 Å². The first kappa shape index (κ1) is 16.0. The molecule has 1 N–H and O–H groups in total. The van der Waals surface area contributed by atoms with Crippen molar-refractivity contribution in [2.24, 2.45) is 5.92 Å². The number of halogens is 1. The molecule has 1 amide bonds. The number of hydrogen-bond donors (Lipinski definition) is 1. The van der Waals surface area contributed by atoms with Gasteiger partial charge in [-0.3, -0.25) is 4.79 Å². The molecule has 0 aromatic heterocycles. The first-order valence-corrected chi connectivity index (χ1v) is 7.83. The second kappa shape index (κ2) is 7.55. The summed E-state index contributed by atoms with van der Waals surface area (Å²) in [6, 6.07) is 4.61. The van der Waals surface area contributed by atoms with Gasteiger partial charge in [0.05, 0.1) is 5.56 Å². The van der Waals surface area contributed by atoms with Crippen molar-refractivity contribution >= 4 is 5.91 Å². The van der Waals surface area contributed by atoms with Crippen LogP contribution < -0.4 is 5.32 Å². The van der Waals surface area contributed by atoms with E-state index in [9.17, 15) is 9.18 Å². The molecule has 0 radical (unpaired) electrons. The molecule has 116 valence electrons. The van der Waals surface area contributed by atoms with Gasteiger partial charge in [0.1, 0.15) is 5.82 Å². The molecular weight excluding hydrogens is 267 g/mol. The maximum atomic E-state index is 13.6. The zero-order valence-electron chi connectivity index (χ0n) is 13.0. The minimum Gasteiger partial charge on any atom is -0.352 e. The van der Waals surface area contributed by atoms with E-state index in [4.69, 9.17) is 0 Å². The molecule has 4 heteroatoms. The molecule has 1 aliphatic rings. The number of benzene rings is 1. The van der Waals surface area contributed by atoms with Crippen molar-refractivity contribution in [3.8, 4) is 0 Å². The van der Waals surface area contributed by atoms with E-state index in [0.29, 0.717) is 6.54 Å². The molecule has 2 rings (SSSR count). The van der Waals surface area contributed by atoms with Crippen LogP contribution >= 0.6 is 0 Å². The predicted octanol–water partition coefficient (Wildman–Crippen LogP) is 2.99. The lowest BCUT2D eigenvalue weighted by molar-refractivity contribution is 0.0946. The lowest BCUT2D eigenvalue weighted by atomic mass is 9.99. The molecule has 1 aromatic carbocycles. The Morgan fingerprint density at radius 2 is 2.10 bits per heavy atom. The fraction of sp³-hybridized carbons (Fsp3) is 0.588. The number of carbonyl (C=O) groups excluding carboxylic acids is 1. The van der Waals surface area contributed by atoms with Gasteiger partial charge >= 0.3 is 0 Å². The maximum Gasteiger partial charge on any atom is 0.254 e. The molecule has 0 aliphatic carbocycles. The van der Waals surface area contributed by atoms with Crippen LogP contribution in [-0.4, -0.2) is 37.0 Å². The lowest BCUT2D eigenvalue weighted by Gasteiger charge is -2.30. The molecule has 0 bridgehead atoms. The highest BCUT2D eigenvalue weighted by molar-refractivity contribution is 5.94. The summed E-state index contributed by atoms with van der Waals surface area (Å²) < 4.78 is 13.6. The quantitative estimate of drug-likeness (QED) is 0.846. The van der Waals surface area contributed by atoms with E-state index in [2.05, 4.69) is 17.1 Å². The van der Waals surface area contributed by atoms with Crippen molar-refractivity contribution in [1.29, 1.82) is 0 Å². The zero-order valence-corrected chi connectivity index (χ0v) is 13.0. The Balaban J connectivity index is 1.71. The Labute approximate surface area is 126 Å². The fourth-order valence-corrected chi connectivity index (χ4v) is 2.70. The fourth-order valence-electron chi connectivity index (χ4n) is 2.70. The second-order valence-electron chi connectivity index (χ2n) is 6.12. The van der Waals surface area contributed by atoms with E-state index in [1.165, 1.54) is 18.9 Å². The predicted molar refractivity (Wildman–Crippen MR) is 82.9 cm³/mol. The number of hydrogen-bond acceptors (Lipinski definition) is 2. The van der Waals surface area contributed by atoms with E-state index < -0.39 is 5.82 Å². The number of likely N-dealkylation sites (tertiary alicyclic amines) is 1. The van der Waals surface area contributed by atoms with E-state index in [-0.39, 0.29) is 11.5 Å². The summed E-state index contributed by atoms with van der Waals surface area (Å²) >= 11 is 0. The van der Waals surface area contributed by atoms with Crippen LogP contribution in [0.1, 0.15) is 42.1 Å². The Kier molecular flexibility index (Phi) is 5.74. The van der Waals surface area contributed by atoms with E-state index in [1.54, 1.807) is 12.1 Å². The van der Waals surface area contributed by atoms with Gasteiger partial charge in [-0.25, -0.2) is 4.39 Å². The molecule has 3 nitrogen and oxygen atoms in total. The molecule has 0 saturated carbocycles. The van der Waals surface area contributed by atoms with Gasteiger partial charge in [-0.2, -0.15) is 0 Å². The number of nitrogens with zero attached hydrogens (tertiary/aromatic N) is 1. The monoisotopic (exact) mass is 292 g/mol. The van der Waals surface area contributed by atoms with Crippen molar-refractivity contribution in [3.05, 3.63) is 35.1 Å². The Morgan fingerprint density at radius 3 is 2.81 bits per heavy atom. The van der Waals surface area contributed by atoms with Crippen LogP contribution in [0.25, 0.3) is 0 Å². The van der Waals surface area contributed by atoms with Gasteiger partial charge in [0.25, 0.3) is 5.91 Å². The van der Waals surface area contributed by atoms with Crippen LogP contribution in [0.3, 0.4) is 0 Å². The van der Waals surface area contributed by atoms with Crippen LogP contribution in [0.4, 0.5) is 4.39 Å². The van der Waals surface area contributed by atoms with Crippen LogP contribution in [0.15, 0.2) is 18.2 Å². The van der Waals surface area contributed by atoms with Crippen molar-refractivity contribution in [3.63, 3.8) is 0 Å². The smallest absolute Gasteiger partial charge is 0.254 e. The van der Waals surface area contributed by atoms with E-state index in [1.807, 2.05) is 6.92 Å². The Hall–Kier alpha value is -1.42. The van der Waals surface area contributed by atoms with Crippen molar-refractivity contribution in [2.75, 3.05) is 26.2 Å². The van der Waals surface area contributed by atoms with Gasteiger partial charge < -0.3 is 10.2 Å². The minimum absolute atomic E-state index is 0.141. The molecule has 1 aliphatic heterocycles. The normalized spacial score (nSPS) is 16.9. The number of piperidine rings is 1. The van der Waals surface area contributed by atoms with Gasteiger partial charge in [0.15, 0.2) is 0 Å². The Bertz CT molecular complexity index is 482. The third kappa shape index (κ3) is 4.81. The summed E-state index contributed by atoms with van der Waals surface area (Å²) in [4.78, 5) is 14.4. The third-order valence-electron chi connectivity index (χ3n) is 4.18. The van der Waals surface area contributed by atoms with Crippen molar-refractivity contribution < 1.29 is 9.18 Å². The topological polar surface area (TPSA) is 32.3 Å². The first-order valence-electron chi connectivity index (χ1n) is 7.83. The van der Waals surface area contributed by atoms with Crippen molar-refractivity contribution in [1.82, 2.24) is 10.2 Å². The van der Waals surface area contributed by atoms with Crippen LogP contribution in [-0.2, 0) is 0 Å². The average Bonchev–Trinajstić information content (AvgIpc) is 2.47. The van der Waals surface area contributed by atoms with E-state index >= 15 is 0 Å². The summed E-state index contributed by atoms with van der Waals surface area (Å²) in [6.45, 7) is 8.06. The summed E-state index contributed by atoms with van der Waals surface area (Å²) in [5.74, 6) is 0.0665. The van der Waals surface area contributed by atoms with Gasteiger partial charge in [-0.15, -0.1) is 0 Å².